The van der Waals surface area contributed by atoms with Gasteiger partial charge in [-0.1, -0.05) is 25.2 Å². The molecule has 2 rings (SSSR count). The van der Waals surface area contributed by atoms with Gasteiger partial charge in [0.15, 0.2) is 0 Å². The molecule has 0 aromatic carbocycles. The fraction of sp³-hybridized carbons (Fsp3) is 0.667. The first-order valence-corrected chi connectivity index (χ1v) is 7.15. The van der Waals surface area contributed by atoms with Gasteiger partial charge in [-0.3, -0.25) is 5.21 Å². The highest BCUT2D eigenvalue weighted by Crippen LogP contribution is 2.28. The summed E-state index contributed by atoms with van der Waals surface area (Å²) in [6.45, 7) is 5.56. The molecule has 2 amide bonds. The highest BCUT2D eigenvalue weighted by atomic mass is 32.1. The molecule has 0 bridgehead atoms. The van der Waals surface area contributed by atoms with Crippen molar-refractivity contribution in [3.63, 3.8) is 0 Å². The van der Waals surface area contributed by atoms with Crippen molar-refractivity contribution in [2.24, 2.45) is 0 Å². The summed E-state index contributed by atoms with van der Waals surface area (Å²) in [6, 6.07) is -0.362. The molecule has 100 valence electrons. The molecule has 5 nitrogen and oxygen atoms in total. The minimum atomic E-state index is -0.362. The van der Waals surface area contributed by atoms with E-state index in [-0.39, 0.29) is 6.03 Å². The fourth-order valence-corrected chi connectivity index (χ4v) is 2.76. The van der Waals surface area contributed by atoms with Gasteiger partial charge in [0.25, 0.3) is 0 Å². The number of carbonyl (C=O) groups is 1. The number of aromatic nitrogens is 1. The van der Waals surface area contributed by atoms with Crippen LogP contribution in [0.4, 0.5) is 9.93 Å². The molecule has 6 heteroatoms. The number of amides is 2. The van der Waals surface area contributed by atoms with Crippen molar-refractivity contribution < 1.29 is 10.0 Å². The van der Waals surface area contributed by atoms with Crippen molar-refractivity contribution in [3.8, 4) is 0 Å². The van der Waals surface area contributed by atoms with Gasteiger partial charge in [-0.25, -0.2) is 9.78 Å². The van der Waals surface area contributed by atoms with Gasteiger partial charge in [0.2, 0.25) is 5.13 Å². The zero-order chi connectivity index (χ0) is 13.1. The summed E-state index contributed by atoms with van der Waals surface area (Å²) in [5.41, 5.74) is 0. The number of hydrogen-bond acceptors (Lipinski definition) is 4. The standard InChI is InChI=1S/C12H19N3O2S/c1-9(2)10-8-13-11(18-10)15(17)12(16)14-6-4-3-5-7-14/h8-9,17H,3-7H2,1-2H3. The van der Waals surface area contributed by atoms with Crippen LogP contribution < -0.4 is 5.06 Å². The molecule has 1 aromatic heterocycles. The number of hydroxylamine groups is 1. The molecule has 1 aliphatic heterocycles. The van der Waals surface area contributed by atoms with E-state index < -0.39 is 0 Å². The van der Waals surface area contributed by atoms with Crippen molar-refractivity contribution in [1.82, 2.24) is 9.88 Å². The lowest BCUT2D eigenvalue weighted by molar-refractivity contribution is 0.157. The number of nitrogens with zero attached hydrogens (tertiary/aromatic N) is 3. The Morgan fingerprint density at radius 2 is 2.11 bits per heavy atom. The van der Waals surface area contributed by atoms with Crippen LogP contribution in [0, 0.1) is 0 Å². The molecule has 1 aromatic rings. The molecule has 1 fully saturated rings. The van der Waals surface area contributed by atoms with Gasteiger partial charge < -0.3 is 4.90 Å². The average Bonchev–Trinajstić information content (AvgIpc) is 2.88. The zero-order valence-corrected chi connectivity index (χ0v) is 11.6. The Bertz CT molecular complexity index is 413. The molecule has 0 saturated carbocycles. The van der Waals surface area contributed by atoms with E-state index in [1.807, 2.05) is 0 Å². The second-order valence-electron chi connectivity index (χ2n) is 4.84. The number of carbonyl (C=O) groups excluding carboxylic acids is 1. The van der Waals surface area contributed by atoms with Crippen molar-refractivity contribution >= 4 is 22.5 Å². The van der Waals surface area contributed by atoms with Crippen molar-refractivity contribution in [2.75, 3.05) is 18.2 Å². The average molecular weight is 269 g/mol. The smallest absolute Gasteiger partial charge is 0.322 e. The predicted molar refractivity (Wildman–Crippen MR) is 71.3 cm³/mol. The van der Waals surface area contributed by atoms with Crippen molar-refractivity contribution in [3.05, 3.63) is 11.1 Å². The van der Waals surface area contributed by atoms with Crippen LogP contribution >= 0.6 is 11.3 Å². The lowest BCUT2D eigenvalue weighted by atomic mass is 10.1. The minimum absolute atomic E-state index is 0.356. The molecule has 0 unspecified atom stereocenters. The molecule has 18 heavy (non-hydrogen) atoms. The van der Waals surface area contributed by atoms with Crippen LogP contribution in [-0.2, 0) is 0 Å². The van der Waals surface area contributed by atoms with Crippen LogP contribution in [0.3, 0.4) is 0 Å². The molecule has 0 atom stereocenters. The molecule has 2 heterocycles. The number of hydrogen-bond donors (Lipinski definition) is 1. The maximum absolute atomic E-state index is 12.0. The summed E-state index contributed by atoms with van der Waals surface area (Å²) < 4.78 is 0. The lowest BCUT2D eigenvalue weighted by Gasteiger charge is -2.28. The second kappa shape index (κ2) is 5.67. The summed E-state index contributed by atoms with van der Waals surface area (Å²) >= 11 is 1.36. The van der Waals surface area contributed by atoms with Crippen LogP contribution in [0.2, 0.25) is 0 Å². The molecule has 0 radical (unpaired) electrons. The van der Waals surface area contributed by atoms with Gasteiger partial charge in [-0.15, -0.1) is 5.06 Å². The number of anilines is 1. The zero-order valence-electron chi connectivity index (χ0n) is 10.8. The maximum Gasteiger partial charge on any atom is 0.350 e. The van der Waals surface area contributed by atoms with Gasteiger partial charge in [0, 0.05) is 24.2 Å². The predicted octanol–water partition coefficient (Wildman–Crippen LogP) is 3.07. The quantitative estimate of drug-likeness (QED) is 0.663. The molecule has 0 aliphatic carbocycles. The highest BCUT2D eigenvalue weighted by molar-refractivity contribution is 7.15. The van der Waals surface area contributed by atoms with E-state index in [2.05, 4.69) is 18.8 Å². The third kappa shape index (κ3) is 2.81. The largest absolute Gasteiger partial charge is 0.350 e. The van der Waals surface area contributed by atoms with E-state index in [1.165, 1.54) is 11.3 Å². The summed E-state index contributed by atoms with van der Waals surface area (Å²) in [5, 5.41) is 11.0. The van der Waals surface area contributed by atoms with E-state index >= 15 is 0 Å². The van der Waals surface area contributed by atoms with Gasteiger partial charge in [0.05, 0.1) is 0 Å². The van der Waals surface area contributed by atoms with Gasteiger partial charge >= 0.3 is 6.03 Å². The van der Waals surface area contributed by atoms with Crippen LogP contribution in [-0.4, -0.2) is 34.2 Å². The first kappa shape index (κ1) is 13.3. The van der Waals surface area contributed by atoms with Gasteiger partial charge in [-0.05, 0) is 25.2 Å². The van der Waals surface area contributed by atoms with E-state index in [1.54, 1.807) is 11.1 Å². The van der Waals surface area contributed by atoms with Crippen LogP contribution in [0.5, 0.6) is 0 Å². The Morgan fingerprint density at radius 3 is 2.67 bits per heavy atom. The molecular weight excluding hydrogens is 250 g/mol. The Balaban J connectivity index is 2.04. The first-order valence-electron chi connectivity index (χ1n) is 6.33. The third-order valence-corrected chi connectivity index (χ3v) is 4.34. The monoisotopic (exact) mass is 269 g/mol. The molecule has 1 saturated heterocycles. The van der Waals surface area contributed by atoms with E-state index in [0.29, 0.717) is 16.1 Å². The highest BCUT2D eigenvalue weighted by Gasteiger charge is 2.24. The number of likely N-dealkylation sites (tertiary alicyclic amines) is 1. The third-order valence-electron chi connectivity index (χ3n) is 3.07. The number of thiazole rings is 1. The summed E-state index contributed by atoms with van der Waals surface area (Å²) in [6.07, 6.45) is 4.89. The second-order valence-corrected chi connectivity index (χ2v) is 5.88. The topological polar surface area (TPSA) is 56.7 Å². The Hall–Kier alpha value is -1.14. The van der Waals surface area contributed by atoms with Crippen LogP contribution in [0.1, 0.15) is 43.9 Å². The van der Waals surface area contributed by atoms with Gasteiger partial charge in [0.1, 0.15) is 0 Å². The Labute approximate surface area is 111 Å². The van der Waals surface area contributed by atoms with Crippen LogP contribution in [0.25, 0.3) is 0 Å². The minimum Gasteiger partial charge on any atom is -0.322 e. The number of rotatable bonds is 2. The fourth-order valence-electron chi connectivity index (χ4n) is 1.94. The lowest BCUT2D eigenvalue weighted by Crippen LogP contribution is -2.44. The Morgan fingerprint density at radius 1 is 1.44 bits per heavy atom. The van der Waals surface area contributed by atoms with E-state index in [0.717, 1.165) is 37.2 Å². The number of piperidine rings is 1. The van der Waals surface area contributed by atoms with E-state index in [9.17, 15) is 10.0 Å². The van der Waals surface area contributed by atoms with Crippen molar-refractivity contribution in [2.45, 2.75) is 39.0 Å². The molecule has 1 aliphatic rings. The molecule has 0 spiro atoms. The maximum atomic E-state index is 12.0. The Kier molecular flexibility index (Phi) is 4.19. The summed E-state index contributed by atoms with van der Waals surface area (Å²) in [5.74, 6) is 0.356. The SMILES string of the molecule is CC(C)c1cnc(N(O)C(=O)N2CCCCC2)s1. The van der Waals surface area contributed by atoms with Gasteiger partial charge in [-0.2, -0.15) is 0 Å². The number of urea groups is 1. The summed E-state index contributed by atoms with van der Waals surface area (Å²) in [7, 11) is 0. The molecule has 1 N–H and O–H groups in total. The molecular formula is C12H19N3O2S. The summed E-state index contributed by atoms with van der Waals surface area (Å²) in [4.78, 5) is 18.9. The first-order chi connectivity index (χ1) is 8.59. The van der Waals surface area contributed by atoms with Crippen molar-refractivity contribution in [1.29, 1.82) is 0 Å². The van der Waals surface area contributed by atoms with E-state index in [4.69, 9.17) is 0 Å². The normalized spacial score (nSPS) is 16.1. The van der Waals surface area contributed by atoms with Crippen LogP contribution in [0.15, 0.2) is 6.20 Å².